The topological polar surface area (TPSA) is 22.2 Å². The highest BCUT2D eigenvalue weighted by Crippen LogP contribution is 2.72. The smallest absolute Gasteiger partial charge is 0.159 e. The van der Waals surface area contributed by atoms with E-state index in [-0.39, 0.29) is 0 Å². The summed E-state index contributed by atoms with van der Waals surface area (Å²) in [4.78, 5) is 14.2. The van der Waals surface area contributed by atoms with Gasteiger partial charge in [-0.2, -0.15) is 0 Å². The molecule has 532 valence electrons. The fourth-order valence-electron chi connectivity index (χ4n) is 33.0. The minimum atomic E-state index is 0.368. The van der Waals surface area contributed by atoms with Gasteiger partial charge in [0.25, 0.3) is 0 Å². The Hall–Kier alpha value is -0.0701. The lowest BCUT2D eigenvalue weighted by Gasteiger charge is -2.72. The zero-order valence-corrected chi connectivity index (χ0v) is 63.6. The number of ether oxygens (including phenoxy) is 1. The van der Waals surface area contributed by atoms with Gasteiger partial charge in [-0.3, -0.25) is 19.6 Å². The number of rotatable bonds is 7. The zero-order valence-electron chi connectivity index (χ0n) is 63.6. The Morgan fingerprint density at radius 2 is 0.737 bits per heavy atom. The summed E-state index contributed by atoms with van der Waals surface area (Å²) in [6.07, 6.45) is 69.1. The van der Waals surface area contributed by atoms with Gasteiger partial charge in [0.1, 0.15) is 0 Å². The van der Waals surface area contributed by atoms with Gasteiger partial charge >= 0.3 is 0 Å². The van der Waals surface area contributed by atoms with Crippen LogP contribution >= 0.6 is 0 Å². The highest BCUT2D eigenvalue weighted by Gasteiger charge is 2.71. The summed E-state index contributed by atoms with van der Waals surface area (Å²) >= 11 is 0. The van der Waals surface area contributed by atoms with E-state index < -0.39 is 0 Å². The van der Waals surface area contributed by atoms with Gasteiger partial charge in [-0.05, 0) is 270 Å². The number of hydrogen-bond donors (Lipinski definition) is 0. The van der Waals surface area contributed by atoms with Gasteiger partial charge in [0, 0.05) is 72.5 Å². The molecule has 7 heteroatoms. The maximum Gasteiger partial charge on any atom is 0.159 e. The van der Waals surface area contributed by atoms with Gasteiger partial charge in [0.05, 0.1) is 12.2 Å². The molecule has 4 heterocycles. The molecule has 0 N–H and O–H groups in total. The van der Waals surface area contributed by atoms with E-state index in [4.69, 9.17) is 4.74 Å². The molecule has 0 radical (unpaired) electrons. The third-order valence-corrected chi connectivity index (χ3v) is 36.6. The molecule has 0 aromatic carbocycles. The molecular formula is C88H148B2N4O. The maximum atomic E-state index is 8.74. The molecule has 4 aliphatic heterocycles. The van der Waals surface area contributed by atoms with Crippen molar-refractivity contribution in [1.29, 1.82) is 0 Å². The highest BCUT2D eigenvalue weighted by atomic mass is 16.5. The van der Waals surface area contributed by atoms with Crippen molar-refractivity contribution in [1.82, 2.24) is 19.6 Å². The lowest BCUT2D eigenvalue weighted by molar-refractivity contribution is -0.158. The van der Waals surface area contributed by atoms with Gasteiger partial charge in [0.2, 0.25) is 0 Å². The van der Waals surface area contributed by atoms with Gasteiger partial charge < -0.3 is 4.74 Å². The molecule has 14 saturated carbocycles. The van der Waals surface area contributed by atoms with Gasteiger partial charge in [-0.1, -0.05) is 197 Å². The van der Waals surface area contributed by atoms with E-state index in [1.807, 2.05) is 0 Å². The normalized spacial score (nSPS) is 48.6. The Balaban J connectivity index is 0.756. The summed E-state index contributed by atoms with van der Waals surface area (Å²) in [6.45, 7) is 26.0. The second kappa shape index (κ2) is 26.5. The molecule has 95 heavy (non-hydrogen) atoms. The van der Waals surface area contributed by atoms with E-state index in [0.29, 0.717) is 34.5 Å². The van der Waals surface area contributed by atoms with Crippen LogP contribution in [0.25, 0.3) is 0 Å². The third kappa shape index (κ3) is 11.8. The van der Waals surface area contributed by atoms with Crippen LogP contribution < -0.4 is 0 Å². The quantitative estimate of drug-likeness (QED) is 0.236. The van der Waals surface area contributed by atoms with Crippen molar-refractivity contribution in [3.63, 3.8) is 0 Å². The Labute approximate surface area is 586 Å². The number of hydrogen-bond acceptors (Lipinski definition) is 5. The van der Waals surface area contributed by atoms with Gasteiger partial charge in [-0.25, -0.2) is 0 Å². The summed E-state index contributed by atoms with van der Waals surface area (Å²) in [6, 6.07) is 9.60. The molecule has 0 amide bonds. The van der Waals surface area contributed by atoms with Crippen molar-refractivity contribution in [2.24, 2.45) is 81.3 Å². The molecule has 0 bridgehead atoms. The van der Waals surface area contributed by atoms with E-state index >= 15 is 0 Å². The maximum absolute atomic E-state index is 8.74. The van der Waals surface area contributed by atoms with Crippen molar-refractivity contribution >= 4 is 13.4 Å². The van der Waals surface area contributed by atoms with E-state index in [1.54, 1.807) is 77.0 Å². The summed E-state index contributed by atoms with van der Waals surface area (Å²) in [5.41, 5.74) is 1.24. The molecule has 14 aliphatic carbocycles. The molecule has 0 aromatic rings. The van der Waals surface area contributed by atoms with Crippen LogP contribution in [0.3, 0.4) is 0 Å². The first-order chi connectivity index (χ1) is 46.0. The van der Waals surface area contributed by atoms with Crippen molar-refractivity contribution in [2.75, 3.05) is 0 Å². The van der Waals surface area contributed by atoms with E-state index in [9.17, 15) is 0 Å². The van der Waals surface area contributed by atoms with Crippen molar-refractivity contribution < 1.29 is 4.74 Å². The van der Waals surface area contributed by atoms with E-state index in [1.165, 1.54) is 212 Å². The molecule has 5 nitrogen and oxygen atoms in total. The highest BCUT2D eigenvalue weighted by molar-refractivity contribution is 6.67. The van der Waals surface area contributed by atoms with Crippen LogP contribution in [-0.2, 0) is 4.74 Å². The summed E-state index contributed by atoms with van der Waals surface area (Å²) < 4.78 is 8.74. The largest absolute Gasteiger partial charge is 0.376 e. The fourth-order valence-corrected chi connectivity index (χ4v) is 33.0. The Morgan fingerprint density at radius 1 is 0.284 bits per heavy atom. The monoisotopic (exact) mass is 1300 g/mol. The Bertz CT molecular complexity index is 2580. The van der Waals surface area contributed by atoms with E-state index in [2.05, 4.69) is 81.9 Å². The van der Waals surface area contributed by atoms with Crippen molar-refractivity contribution in [2.45, 2.75) is 471 Å². The molecule has 18 rings (SSSR count). The van der Waals surface area contributed by atoms with Crippen LogP contribution in [0.2, 0.25) is 34.9 Å². The zero-order chi connectivity index (χ0) is 64.4. The molecule has 4 saturated heterocycles. The Kier molecular flexibility index (Phi) is 18.7. The molecule has 18 aliphatic rings. The van der Waals surface area contributed by atoms with Crippen LogP contribution in [-0.4, -0.2) is 118 Å². The molecule has 0 spiro atoms. The number of nitrogens with zero attached hydrogens (tertiary/aromatic N) is 4. The first kappa shape index (κ1) is 66.9. The molecular weight excluding hydrogens is 1150 g/mol. The predicted octanol–water partition coefficient (Wildman–Crippen LogP) is 22.3. The standard InChI is InChI=1S/C88H148B2N4O/c1-86(2,3)59-43-56-39-40-57-44-60(87(4,5)6)48-69-68(46-58(45-59)82(56)83(57)69)55-41-42-71-75(47-55)93(65-33-21-13-22-34-65)79-51-67(91(62-27-15-10-16-28-62)63-29-17-11-18-30-63)52-81-85(79)90(71)73-53-72-76(54-80(73)95-81)94(66-35-23-14-24-36-66)78-50-61(88(7,8)9)49-77-84(78)89(72)70-37-25-26-38-74(70)92(77)64-31-19-12-20-32-64/h55-85H,10-54H2,1-9H3/t55?,56-,57?,58-,59?,60?,61-,67?,68?,69?,70?,71?,72?,73+,74-,75?,76?,77+,78?,79?,80?,81?,82?,83+,84?,85?/m1/s1. The second-order valence-corrected chi connectivity index (χ2v) is 43.5. The molecule has 18 fully saturated rings. The van der Waals surface area contributed by atoms with Crippen LogP contribution in [0.15, 0.2) is 0 Å². The molecule has 26 atom stereocenters. The average Bonchev–Trinajstić information content (AvgIpc) is 0.696. The Morgan fingerprint density at radius 3 is 1.32 bits per heavy atom. The third-order valence-electron chi connectivity index (χ3n) is 36.6. The predicted molar refractivity (Wildman–Crippen MR) is 400 cm³/mol. The van der Waals surface area contributed by atoms with Crippen LogP contribution in [0.1, 0.15) is 351 Å². The minimum Gasteiger partial charge on any atom is -0.376 e. The summed E-state index contributed by atoms with van der Waals surface area (Å²) in [5.74, 6) is 15.9. The van der Waals surface area contributed by atoms with Gasteiger partial charge in [-0.15, -0.1) is 0 Å². The second-order valence-electron chi connectivity index (χ2n) is 43.5. The first-order valence-electron chi connectivity index (χ1n) is 44.8. The van der Waals surface area contributed by atoms with Crippen molar-refractivity contribution in [3.05, 3.63) is 0 Å². The summed E-state index contributed by atoms with van der Waals surface area (Å²) in [7, 11) is 0. The first-order valence-corrected chi connectivity index (χ1v) is 44.8. The van der Waals surface area contributed by atoms with E-state index in [0.717, 1.165) is 180 Å². The molecule has 19 unspecified atom stereocenters. The minimum absolute atomic E-state index is 0.368. The number of fused-ring (bicyclic) bond motifs is 8. The molecule has 0 aromatic heterocycles. The van der Waals surface area contributed by atoms with Crippen LogP contribution in [0.4, 0.5) is 0 Å². The van der Waals surface area contributed by atoms with Crippen LogP contribution in [0.5, 0.6) is 0 Å². The van der Waals surface area contributed by atoms with Gasteiger partial charge in [0.15, 0.2) is 13.4 Å². The lowest BCUT2D eigenvalue weighted by Crippen LogP contribution is -2.76. The van der Waals surface area contributed by atoms with Crippen molar-refractivity contribution in [3.8, 4) is 0 Å². The lowest BCUT2D eigenvalue weighted by atomic mass is 9.14. The average molecular weight is 1300 g/mol. The van der Waals surface area contributed by atoms with Crippen LogP contribution in [0, 0.1) is 81.3 Å². The fraction of sp³-hybridized carbons (Fsp3) is 1.00. The summed E-state index contributed by atoms with van der Waals surface area (Å²) in [5, 5.41) is 0. The SMILES string of the molecule is CC(C)(C)C1CC2CC[C@@H]3CC(C(C)(C)C)C[C@@H]4CC(C5CCC6B7C8C(CC(N(C9CCCCC9)C9CCCCC9)CC8N(C8CCCCC8)C6C5)OC5CC6C(C[C@H]75)B5C7CCCC[C@H]7N(C7CCCCC7)[C@H]7C[C@@H](C(C)(C)C)CC(C57)N6C5CCCCC5)C(C1)[C@H]2C34.